The maximum atomic E-state index is 13.1. The number of esters is 1. The van der Waals surface area contributed by atoms with Gasteiger partial charge in [0.1, 0.15) is 5.60 Å². The van der Waals surface area contributed by atoms with Crippen LogP contribution in [0.25, 0.3) is 16.7 Å². The van der Waals surface area contributed by atoms with Crippen LogP contribution in [0.1, 0.15) is 56.5 Å². The van der Waals surface area contributed by atoms with Gasteiger partial charge >= 0.3 is 11.7 Å². The Labute approximate surface area is 195 Å². The van der Waals surface area contributed by atoms with Crippen LogP contribution >= 0.6 is 0 Å². The number of nitrogens with zero attached hydrogens (tertiary/aromatic N) is 4. The van der Waals surface area contributed by atoms with Crippen molar-refractivity contribution in [1.82, 2.24) is 19.0 Å². The molecule has 0 N–H and O–H groups in total. The summed E-state index contributed by atoms with van der Waals surface area (Å²) in [5.74, 6) is 0.131. The largest absolute Gasteiger partial charge is 0.459 e. The number of hydrogen-bond acceptors (Lipinski definition) is 5. The summed E-state index contributed by atoms with van der Waals surface area (Å²) in [4.78, 5) is 32.2. The molecular weight excluding hydrogens is 416 g/mol. The number of aryl methyl sites for hydroxylation is 3. The van der Waals surface area contributed by atoms with Crippen molar-refractivity contribution < 1.29 is 9.53 Å². The van der Waals surface area contributed by atoms with Crippen LogP contribution in [0, 0.1) is 13.8 Å². The summed E-state index contributed by atoms with van der Waals surface area (Å²) in [7, 11) is 1.82. The number of carbonyl (C=O) groups excluding carboxylic acids is 1. The van der Waals surface area contributed by atoms with E-state index >= 15 is 0 Å². The molecule has 7 heteroatoms. The number of ether oxygens (including phenoxy) is 1. The zero-order chi connectivity index (χ0) is 23.9. The van der Waals surface area contributed by atoms with Gasteiger partial charge in [0.2, 0.25) is 0 Å². The number of carbonyl (C=O) groups is 1. The van der Waals surface area contributed by atoms with Gasteiger partial charge in [0.05, 0.1) is 29.0 Å². The molecule has 1 atom stereocenters. The number of likely N-dealkylation sites (tertiary alicyclic amines) is 1. The molecule has 2 aromatic heterocycles. The molecule has 1 aliphatic rings. The minimum absolute atomic E-state index is 0.0777. The van der Waals surface area contributed by atoms with Crippen LogP contribution < -0.4 is 5.69 Å². The number of imidazole rings is 1. The molecule has 1 unspecified atom stereocenters. The highest BCUT2D eigenvalue weighted by Gasteiger charge is 2.26. The summed E-state index contributed by atoms with van der Waals surface area (Å²) in [6.07, 6.45) is 2.09. The van der Waals surface area contributed by atoms with Crippen molar-refractivity contribution >= 4 is 17.0 Å². The van der Waals surface area contributed by atoms with Gasteiger partial charge in [0.15, 0.2) is 0 Å². The molecule has 0 saturated carbocycles. The van der Waals surface area contributed by atoms with Crippen LogP contribution in [0.3, 0.4) is 0 Å². The average Bonchev–Trinajstić information content (AvgIpc) is 2.97. The van der Waals surface area contributed by atoms with Crippen LogP contribution in [0.15, 0.2) is 35.1 Å². The maximum absolute atomic E-state index is 13.1. The Kier molecular flexibility index (Phi) is 6.18. The minimum Gasteiger partial charge on any atom is -0.459 e. The fraction of sp³-hybridized carbons (Fsp3) is 0.500. The van der Waals surface area contributed by atoms with Crippen molar-refractivity contribution in [2.45, 2.75) is 59.0 Å². The zero-order valence-corrected chi connectivity index (χ0v) is 20.5. The highest BCUT2D eigenvalue weighted by molar-refractivity contribution is 5.79. The van der Waals surface area contributed by atoms with E-state index in [1.165, 1.54) is 5.56 Å². The molecule has 3 heterocycles. The first kappa shape index (κ1) is 23.2. The van der Waals surface area contributed by atoms with Gasteiger partial charge in [-0.1, -0.05) is 6.07 Å². The highest BCUT2D eigenvalue weighted by atomic mass is 16.6. The lowest BCUT2D eigenvalue weighted by Crippen LogP contribution is -2.40. The van der Waals surface area contributed by atoms with Crippen LogP contribution in [0.2, 0.25) is 0 Å². The summed E-state index contributed by atoms with van der Waals surface area (Å²) in [6, 6.07) is 10.2. The Morgan fingerprint density at radius 1 is 1.15 bits per heavy atom. The zero-order valence-electron chi connectivity index (χ0n) is 20.5. The molecular formula is C26H34N4O3. The van der Waals surface area contributed by atoms with E-state index in [1.54, 1.807) is 9.13 Å². The van der Waals surface area contributed by atoms with Gasteiger partial charge in [-0.2, -0.15) is 0 Å². The Morgan fingerprint density at radius 2 is 1.91 bits per heavy atom. The van der Waals surface area contributed by atoms with Crippen molar-refractivity contribution in [2.75, 3.05) is 19.6 Å². The van der Waals surface area contributed by atoms with E-state index in [1.807, 2.05) is 59.9 Å². The second-order valence-electron chi connectivity index (χ2n) is 10.1. The second kappa shape index (κ2) is 8.78. The number of rotatable bonds is 4. The van der Waals surface area contributed by atoms with Crippen molar-refractivity contribution in [3.05, 3.63) is 57.8 Å². The number of pyridine rings is 1. The van der Waals surface area contributed by atoms with E-state index in [0.717, 1.165) is 54.0 Å². The predicted molar refractivity (Wildman–Crippen MR) is 130 cm³/mol. The van der Waals surface area contributed by atoms with Gasteiger partial charge in [-0.05, 0) is 89.8 Å². The molecule has 0 aliphatic carbocycles. The lowest BCUT2D eigenvalue weighted by Gasteiger charge is -2.33. The smallest absolute Gasteiger partial charge is 0.333 e. The lowest BCUT2D eigenvalue weighted by molar-refractivity contribution is -0.156. The van der Waals surface area contributed by atoms with Gasteiger partial charge < -0.3 is 4.74 Å². The van der Waals surface area contributed by atoms with Crippen molar-refractivity contribution in [2.24, 2.45) is 7.05 Å². The topological polar surface area (TPSA) is 69.4 Å². The molecule has 0 radical (unpaired) electrons. The molecule has 1 aliphatic heterocycles. The molecule has 1 saturated heterocycles. The Hall–Kier alpha value is -2.93. The molecule has 4 rings (SSSR count). The first-order valence-electron chi connectivity index (χ1n) is 11.6. The summed E-state index contributed by atoms with van der Waals surface area (Å²) < 4.78 is 8.96. The average molecular weight is 451 g/mol. The first-order valence-corrected chi connectivity index (χ1v) is 11.6. The normalized spacial score (nSPS) is 17.5. The third-order valence-electron chi connectivity index (χ3n) is 6.27. The molecule has 0 amide bonds. The van der Waals surface area contributed by atoms with Crippen molar-refractivity contribution in [1.29, 1.82) is 0 Å². The number of aromatic nitrogens is 3. The summed E-state index contributed by atoms with van der Waals surface area (Å²) in [5.41, 5.74) is 5.00. The minimum atomic E-state index is -0.472. The maximum Gasteiger partial charge on any atom is 0.333 e. The quantitative estimate of drug-likeness (QED) is 0.565. The Bertz CT molecular complexity index is 1250. The fourth-order valence-electron chi connectivity index (χ4n) is 4.78. The van der Waals surface area contributed by atoms with Crippen LogP contribution in [0.5, 0.6) is 0 Å². The second-order valence-corrected chi connectivity index (χ2v) is 10.1. The van der Waals surface area contributed by atoms with Gasteiger partial charge in [0, 0.05) is 19.3 Å². The van der Waals surface area contributed by atoms with E-state index in [0.29, 0.717) is 12.5 Å². The van der Waals surface area contributed by atoms with E-state index < -0.39 is 5.60 Å². The highest BCUT2D eigenvalue weighted by Crippen LogP contribution is 2.30. The molecule has 3 aromatic rings. The van der Waals surface area contributed by atoms with Gasteiger partial charge in [-0.25, -0.2) is 4.79 Å². The molecule has 0 spiro atoms. The van der Waals surface area contributed by atoms with Crippen LogP contribution in [0.4, 0.5) is 0 Å². The lowest BCUT2D eigenvalue weighted by atomic mass is 9.90. The molecule has 33 heavy (non-hydrogen) atoms. The van der Waals surface area contributed by atoms with E-state index in [9.17, 15) is 9.59 Å². The van der Waals surface area contributed by atoms with E-state index in [2.05, 4.69) is 22.0 Å². The Balaban J connectivity index is 1.62. The molecule has 1 aromatic carbocycles. The third kappa shape index (κ3) is 4.88. The summed E-state index contributed by atoms with van der Waals surface area (Å²) in [5, 5.41) is 0. The molecule has 176 valence electrons. The van der Waals surface area contributed by atoms with Crippen LogP contribution in [-0.2, 0) is 16.6 Å². The van der Waals surface area contributed by atoms with Crippen molar-refractivity contribution in [3.8, 4) is 5.69 Å². The third-order valence-corrected chi connectivity index (χ3v) is 6.27. The molecule has 7 nitrogen and oxygen atoms in total. The number of piperidine rings is 1. The first-order chi connectivity index (χ1) is 15.5. The number of hydrogen-bond donors (Lipinski definition) is 0. The monoisotopic (exact) mass is 450 g/mol. The van der Waals surface area contributed by atoms with Crippen LogP contribution in [-0.4, -0.2) is 50.2 Å². The Morgan fingerprint density at radius 3 is 2.61 bits per heavy atom. The standard InChI is InChI=1S/C26H34N4O3/c1-17-9-11-21(18(2)27-17)30-22-12-10-19(14-23(22)28(6)25(30)32)20-8-7-13-29(15-20)16-24(31)33-26(3,4)5/h9-12,14,20H,7-8,13,15-16H2,1-6H3. The van der Waals surface area contributed by atoms with Gasteiger partial charge in [-0.3, -0.25) is 23.8 Å². The number of fused-ring (bicyclic) bond motifs is 1. The van der Waals surface area contributed by atoms with E-state index in [4.69, 9.17) is 4.74 Å². The molecule has 0 bridgehead atoms. The summed E-state index contributed by atoms with van der Waals surface area (Å²) in [6.45, 7) is 11.6. The SMILES string of the molecule is Cc1ccc(-n2c(=O)n(C)c3cc(C4CCCN(CC(=O)OC(C)(C)C)C4)ccc32)c(C)n1. The van der Waals surface area contributed by atoms with Gasteiger partial charge in [0.25, 0.3) is 0 Å². The fourth-order valence-corrected chi connectivity index (χ4v) is 4.78. The van der Waals surface area contributed by atoms with E-state index in [-0.39, 0.29) is 11.7 Å². The number of benzene rings is 1. The summed E-state index contributed by atoms with van der Waals surface area (Å²) >= 11 is 0. The predicted octanol–water partition coefficient (Wildman–Crippen LogP) is 3.86. The van der Waals surface area contributed by atoms with Gasteiger partial charge in [-0.15, -0.1) is 0 Å². The molecule has 1 fully saturated rings. The van der Waals surface area contributed by atoms with Crippen molar-refractivity contribution in [3.63, 3.8) is 0 Å².